The molecule has 0 aliphatic carbocycles. The number of pyridine rings is 2. The van der Waals surface area contributed by atoms with Crippen molar-refractivity contribution in [3.05, 3.63) is 138 Å². The summed E-state index contributed by atoms with van der Waals surface area (Å²) in [6, 6.07) is 33.9. The molecule has 7 rings (SSSR count). The van der Waals surface area contributed by atoms with Crippen molar-refractivity contribution in [1.82, 2.24) is 9.97 Å². The zero-order valence-corrected chi connectivity index (χ0v) is 33.4. The number of aryl methyl sites for hydroxylation is 3. The summed E-state index contributed by atoms with van der Waals surface area (Å²) in [6.45, 7) is 18.1. The molecule has 50 heavy (non-hydrogen) atoms. The van der Waals surface area contributed by atoms with Gasteiger partial charge in [0.1, 0.15) is 11.4 Å². The summed E-state index contributed by atoms with van der Waals surface area (Å²) in [5.41, 5.74) is 12.2. The second-order valence-electron chi connectivity index (χ2n) is 14.4. The average Bonchev–Trinajstić information content (AvgIpc) is 3.44. The van der Waals surface area contributed by atoms with Gasteiger partial charge in [-0.15, -0.1) is 54.1 Å². The number of benzene rings is 4. The van der Waals surface area contributed by atoms with Gasteiger partial charge in [0, 0.05) is 37.9 Å². The van der Waals surface area contributed by atoms with Gasteiger partial charge in [0.2, 0.25) is 0 Å². The van der Waals surface area contributed by atoms with Gasteiger partial charge in [-0.25, -0.2) is 4.39 Å². The maximum atomic E-state index is 14.4. The van der Waals surface area contributed by atoms with E-state index in [1.54, 1.807) is 24.4 Å². The molecule has 4 aromatic carbocycles. The van der Waals surface area contributed by atoms with Gasteiger partial charge in [-0.3, -0.25) is 0 Å². The predicted molar refractivity (Wildman–Crippen MR) is 205 cm³/mol. The number of halogens is 1. The number of aromatic nitrogens is 2. The Kier molecular flexibility index (Phi) is 11.4. The molecule has 6 heteroatoms. The Morgan fingerprint density at radius 3 is 2.26 bits per heavy atom. The van der Waals surface area contributed by atoms with E-state index >= 15 is 0 Å². The van der Waals surface area contributed by atoms with Crippen LogP contribution in [0, 0.1) is 44.6 Å². The van der Waals surface area contributed by atoms with Crippen LogP contribution in [0.25, 0.3) is 55.6 Å². The largest absolute Gasteiger partial charge is 0.500 e. The molecule has 0 amide bonds. The second kappa shape index (κ2) is 15.3. The first-order chi connectivity index (χ1) is 23.4. The Bertz CT molecular complexity index is 2250. The van der Waals surface area contributed by atoms with E-state index in [0.717, 1.165) is 39.9 Å². The van der Waals surface area contributed by atoms with E-state index in [2.05, 4.69) is 113 Å². The molecule has 0 atom stereocenters. The van der Waals surface area contributed by atoms with Gasteiger partial charge < -0.3 is 14.4 Å². The summed E-state index contributed by atoms with van der Waals surface area (Å²) in [5, 5.41) is 2.73. The van der Waals surface area contributed by atoms with Gasteiger partial charge in [-0.2, -0.15) is 0 Å². The van der Waals surface area contributed by atoms with Crippen LogP contribution in [-0.4, -0.2) is 18.0 Å². The fraction of sp³-hybridized carbons (Fsp3) is 0.227. The maximum absolute atomic E-state index is 14.4. The molecule has 3 aromatic heterocycles. The van der Waals surface area contributed by atoms with Gasteiger partial charge in [0.05, 0.1) is 13.7 Å². The summed E-state index contributed by atoms with van der Waals surface area (Å²) < 4.78 is 20.4. The van der Waals surface area contributed by atoms with E-state index in [9.17, 15) is 4.39 Å². The molecular formula is C44H43FIrN2OSi-2. The molecule has 0 saturated heterocycles. The SMILES string of the molecule is CC(C)Cc1cc(-c2[c-]cccc2)ncc1[Si](C)(C)C.Cc1cc(C)c(-c2ccnc(-c3[c-]ccc4c3oc3cccc(F)c34)c2)c(C)c1.[Ir]. The zero-order valence-electron chi connectivity index (χ0n) is 30.0. The monoisotopic (exact) mass is 855 g/mol. The summed E-state index contributed by atoms with van der Waals surface area (Å²) in [4.78, 5) is 9.26. The van der Waals surface area contributed by atoms with Gasteiger partial charge in [-0.05, 0) is 90.1 Å². The predicted octanol–water partition coefficient (Wildman–Crippen LogP) is 11.5. The first-order valence-electron chi connectivity index (χ1n) is 16.9. The first kappa shape index (κ1) is 37.0. The van der Waals surface area contributed by atoms with Gasteiger partial charge >= 0.3 is 0 Å². The first-order valence-corrected chi connectivity index (χ1v) is 20.4. The van der Waals surface area contributed by atoms with Crippen LogP contribution in [0.15, 0.2) is 102 Å². The quantitative estimate of drug-likeness (QED) is 0.124. The molecule has 257 valence electrons. The Labute approximate surface area is 310 Å². The number of rotatable bonds is 6. The van der Waals surface area contributed by atoms with Crippen molar-refractivity contribution in [3.8, 4) is 33.6 Å². The third kappa shape index (κ3) is 7.89. The molecule has 0 saturated carbocycles. The Hall–Kier alpha value is -4.22. The molecule has 0 unspecified atom stereocenters. The minimum absolute atomic E-state index is 0. The van der Waals surface area contributed by atoms with Crippen LogP contribution in [-0.2, 0) is 26.5 Å². The van der Waals surface area contributed by atoms with Crippen LogP contribution in [0.1, 0.15) is 36.1 Å². The van der Waals surface area contributed by atoms with Gasteiger partial charge in [-0.1, -0.05) is 85.9 Å². The van der Waals surface area contributed by atoms with Crippen LogP contribution in [0.2, 0.25) is 19.6 Å². The molecule has 3 nitrogen and oxygen atoms in total. The minimum atomic E-state index is -1.34. The van der Waals surface area contributed by atoms with Crippen molar-refractivity contribution in [3.63, 3.8) is 0 Å². The van der Waals surface area contributed by atoms with E-state index in [0.29, 0.717) is 22.5 Å². The number of fused-ring (bicyclic) bond motifs is 3. The van der Waals surface area contributed by atoms with Crippen LogP contribution in [0.4, 0.5) is 4.39 Å². The molecule has 0 spiro atoms. The smallest absolute Gasteiger partial charge is 0.133 e. The van der Waals surface area contributed by atoms with Crippen molar-refractivity contribution in [2.45, 2.75) is 60.7 Å². The van der Waals surface area contributed by atoms with Crippen LogP contribution in [0.3, 0.4) is 0 Å². The van der Waals surface area contributed by atoms with Crippen molar-refractivity contribution in [2.75, 3.05) is 0 Å². The Morgan fingerprint density at radius 1 is 0.820 bits per heavy atom. The molecule has 3 heterocycles. The van der Waals surface area contributed by atoms with Gasteiger partial charge in [0.15, 0.2) is 0 Å². The standard InChI is InChI=1S/C26H19FNO.C18H24NSi.Ir/c1-15-12-16(2)24(17(3)13-15)18-10-11-28-22(14-18)19-6-4-7-20-25-21(27)8-5-9-23(25)29-26(19)20;1-14(2)11-16-12-17(15-9-7-6-8-10-15)19-13-18(16)20(3,4)5;/h4-5,7-14H,1-3H3;6-9,12-14H,11H2,1-5H3;/q2*-1;. The zero-order chi connectivity index (χ0) is 34.9. The van der Waals surface area contributed by atoms with Crippen molar-refractivity contribution in [1.29, 1.82) is 0 Å². The Balaban J connectivity index is 0.000000204. The number of furan rings is 1. The summed E-state index contributed by atoms with van der Waals surface area (Å²) in [7, 11) is -1.34. The van der Waals surface area contributed by atoms with E-state index in [4.69, 9.17) is 4.42 Å². The number of nitrogens with zero attached hydrogens (tertiary/aromatic N) is 2. The minimum Gasteiger partial charge on any atom is -0.500 e. The summed E-state index contributed by atoms with van der Waals surface area (Å²) >= 11 is 0. The summed E-state index contributed by atoms with van der Waals surface area (Å²) in [6.07, 6.45) is 5.04. The number of hydrogen-bond donors (Lipinski definition) is 0. The van der Waals surface area contributed by atoms with Crippen molar-refractivity contribution < 1.29 is 28.9 Å². The van der Waals surface area contributed by atoms with Crippen LogP contribution in [0.5, 0.6) is 0 Å². The molecule has 0 aliphatic rings. The summed E-state index contributed by atoms with van der Waals surface area (Å²) in [5.74, 6) is 0.381. The molecule has 1 radical (unpaired) electrons. The van der Waals surface area contributed by atoms with E-state index in [-0.39, 0.29) is 25.9 Å². The van der Waals surface area contributed by atoms with Crippen LogP contribution < -0.4 is 5.19 Å². The third-order valence-corrected chi connectivity index (χ3v) is 10.9. The molecule has 7 aromatic rings. The normalized spacial score (nSPS) is 11.4. The molecule has 0 fully saturated rings. The Morgan fingerprint density at radius 2 is 1.58 bits per heavy atom. The second-order valence-corrected chi connectivity index (χ2v) is 19.4. The topological polar surface area (TPSA) is 38.9 Å². The fourth-order valence-electron chi connectivity index (χ4n) is 6.78. The van der Waals surface area contributed by atoms with Crippen molar-refractivity contribution in [2.24, 2.45) is 5.92 Å². The van der Waals surface area contributed by atoms with Gasteiger partial charge in [0.25, 0.3) is 0 Å². The van der Waals surface area contributed by atoms with Crippen molar-refractivity contribution >= 4 is 35.2 Å². The van der Waals surface area contributed by atoms with E-state index < -0.39 is 8.07 Å². The van der Waals surface area contributed by atoms with E-state index in [1.165, 1.54) is 39.1 Å². The molecule has 0 aliphatic heterocycles. The maximum Gasteiger partial charge on any atom is 0.133 e. The van der Waals surface area contributed by atoms with Crippen LogP contribution >= 0.6 is 0 Å². The molecular weight excluding hydrogens is 812 g/mol. The molecule has 0 N–H and O–H groups in total. The fourth-order valence-corrected chi connectivity index (χ4v) is 8.37. The molecule has 0 bridgehead atoms. The number of hydrogen-bond acceptors (Lipinski definition) is 3. The average molecular weight is 855 g/mol. The third-order valence-electron chi connectivity index (χ3n) is 8.80. The van der Waals surface area contributed by atoms with E-state index in [1.807, 2.05) is 30.3 Å².